The van der Waals surface area contributed by atoms with Gasteiger partial charge < -0.3 is 4.74 Å². The van der Waals surface area contributed by atoms with E-state index in [1.807, 2.05) is 0 Å². The molecule has 0 fully saturated rings. The van der Waals surface area contributed by atoms with Gasteiger partial charge in [0.15, 0.2) is 5.41 Å². The second-order valence-electron chi connectivity index (χ2n) is 8.26. The lowest BCUT2D eigenvalue weighted by molar-refractivity contribution is -0.328. The molecule has 156 valence electrons. The first-order chi connectivity index (χ1) is 11.0. The SMILES string of the molecule is CC(C)(C)CC(C(=O)OC(C(F)(F)F)C(F)(F)F)(C(C)(C)C)C(F)(F)F. The smallest absolute Gasteiger partial charge is 0.434 e. The van der Waals surface area contributed by atoms with Gasteiger partial charge in [-0.1, -0.05) is 41.5 Å². The van der Waals surface area contributed by atoms with Crippen molar-refractivity contribution in [2.24, 2.45) is 16.2 Å². The molecule has 0 amide bonds. The molecule has 0 radical (unpaired) electrons. The lowest BCUT2D eigenvalue weighted by atomic mass is 9.59. The van der Waals surface area contributed by atoms with Crippen molar-refractivity contribution in [2.75, 3.05) is 0 Å². The Kier molecular flexibility index (Phi) is 6.47. The highest BCUT2D eigenvalue weighted by molar-refractivity contribution is 5.79. The third-order valence-electron chi connectivity index (χ3n) is 3.73. The monoisotopic (exact) mass is 404 g/mol. The van der Waals surface area contributed by atoms with Gasteiger partial charge in [0.05, 0.1) is 0 Å². The van der Waals surface area contributed by atoms with Gasteiger partial charge in [-0.3, -0.25) is 4.79 Å². The Morgan fingerprint density at radius 2 is 1.12 bits per heavy atom. The first-order valence-corrected chi connectivity index (χ1v) is 7.38. The van der Waals surface area contributed by atoms with Crippen molar-refractivity contribution in [1.29, 1.82) is 0 Å². The van der Waals surface area contributed by atoms with Crippen LogP contribution in [0.15, 0.2) is 0 Å². The van der Waals surface area contributed by atoms with Crippen molar-refractivity contribution in [2.45, 2.75) is 72.6 Å². The van der Waals surface area contributed by atoms with E-state index in [1.54, 1.807) is 0 Å². The van der Waals surface area contributed by atoms with Crippen LogP contribution >= 0.6 is 0 Å². The summed E-state index contributed by atoms with van der Waals surface area (Å²) in [5.41, 5.74) is -6.90. The van der Waals surface area contributed by atoms with Crippen LogP contribution in [-0.4, -0.2) is 30.6 Å². The van der Waals surface area contributed by atoms with Crippen LogP contribution in [0, 0.1) is 16.2 Å². The minimum Gasteiger partial charge on any atom is -0.442 e. The summed E-state index contributed by atoms with van der Waals surface area (Å²) in [7, 11) is 0. The van der Waals surface area contributed by atoms with E-state index in [4.69, 9.17) is 0 Å². The number of rotatable bonds is 3. The van der Waals surface area contributed by atoms with E-state index in [-0.39, 0.29) is 0 Å². The Morgan fingerprint density at radius 3 is 1.31 bits per heavy atom. The molecule has 26 heavy (non-hydrogen) atoms. The van der Waals surface area contributed by atoms with Crippen molar-refractivity contribution in [3.8, 4) is 0 Å². The topological polar surface area (TPSA) is 26.3 Å². The predicted molar refractivity (Wildman–Crippen MR) is 74.0 cm³/mol. The molecule has 0 heterocycles. The van der Waals surface area contributed by atoms with Crippen molar-refractivity contribution in [3.05, 3.63) is 0 Å². The van der Waals surface area contributed by atoms with Crippen molar-refractivity contribution >= 4 is 5.97 Å². The van der Waals surface area contributed by atoms with Crippen molar-refractivity contribution in [1.82, 2.24) is 0 Å². The predicted octanol–water partition coefficient (Wildman–Crippen LogP) is 6.05. The van der Waals surface area contributed by atoms with E-state index in [0.29, 0.717) is 0 Å². The zero-order valence-electron chi connectivity index (χ0n) is 15.0. The van der Waals surface area contributed by atoms with Crippen LogP contribution < -0.4 is 0 Å². The third-order valence-corrected chi connectivity index (χ3v) is 3.73. The average Bonchev–Trinajstić information content (AvgIpc) is 2.25. The Hall–Kier alpha value is -1.16. The highest BCUT2D eigenvalue weighted by atomic mass is 19.4. The molecule has 0 bridgehead atoms. The summed E-state index contributed by atoms with van der Waals surface area (Å²) >= 11 is 0. The fourth-order valence-corrected chi connectivity index (χ4v) is 2.61. The summed E-state index contributed by atoms with van der Waals surface area (Å²) in [6.45, 7) is 6.55. The molecule has 0 saturated heterocycles. The maximum absolute atomic E-state index is 13.8. The number of carbonyl (C=O) groups excluding carboxylic acids is 1. The van der Waals surface area contributed by atoms with Crippen molar-refractivity contribution in [3.63, 3.8) is 0 Å². The molecular formula is C15H21F9O2. The van der Waals surface area contributed by atoms with Gasteiger partial charge in [-0.05, 0) is 17.3 Å². The number of carbonyl (C=O) groups is 1. The number of alkyl halides is 9. The maximum atomic E-state index is 13.8. The number of halogens is 9. The van der Waals surface area contributed by atoms with Crippen LogP contribution in [0.5, 0.6) is 0 Å². The largest absolute Gasteiger partial charge is 0.442 e. The summed E-state index contributed by atoms with van der Waals surface area (Å²) in [6, 6.07) is 0. The number of hydrogen-bond acceptors (Lipinski definition) is 2. The Morgan fingerprint density at radius 1 is 0.769 bits per heavy atom. The molecule has 0 aliphatic rings. The van der Waals surface area contributed by atoms with Crippen LogP contribution in [0.4, 0.5) is 39.5 Å². The van der Waals surface area contributed by atoms with Gasteiger partial charge in [0.1, 0.15) is 0 Å². The van der Waals surface area contributed by atoms with Crippen LogP contribution in [-0.2, 0) is 9.53 Å². The molecule has 0 aromatic carbocycles. The molecule has 0 aromatic heterocycles. The summed E-state index contributed by atoms with van der Waals surface area (Å²) in [6.07, 6.45) is -23.4. The van der Waals surface area contributed by atoms with E-state index in [1.165, 1.54) is 20.8 Å². The first-order valence-electron chi connectivity index (χ1n) is 7.38. The highest BCUT2D eigenvalue weighted by Crippen LogP contribution is 2.57. The van der Waals surface area contributed by atoms with Gasteiger partial charge in [-0.25, -0.2) is 0 Å². The minimum atomic E-state index is -6.11. The Labute approximate surface area is 145 Å². The molecule has 0 spiro atoms. The molecule has 0 rings (SSSR count). The van der Waals surface area contributed by atoms with E-state index in [2.05, 4.69) is 4.74 Å². The summed E-state index contributed by atoms with van der Waals surface area (Å²) in [4.78, 5) is 12.2. The van der Waals surface area contributed by atoms with Crippen LogP contribution in [0.2, 0.25) is 0 Å². The Balaban J connectivity index is 6.42. The van der Waals surface area contributed by atoms with E-state index in [9.17, 15) is 44.3 Å². The minimum absolute atomic E-state index is 0.906. The average molecular weight is 404 g/mol. The fraction of sp³-hybridized carbons (Fsp3) is 0.933. The molecule has 2 nitrogen and oxygen atoms in total. The maximum Gasteiger partial charge on any atom is 0.434 e. The zero-order valence-corrected chi connectivity index (χ0v) is 15.0. The van der Waals surface area contributed by atoms with E-state index in [0.717, 1.165) is 20.8 Å². The van der Waals surface area contributed by atoms with Crippen molar-refractivity contribution < 1.29 is 49.0 Å². The summed E-state index contributed by atoms with van der Waals surface area (Å²) in [5.74, 6) is -2.60. The van der Waals surface area contributed by atoms with Gasteiger partial charge in [-0.2, -0.15) is 39.5 Å². The van der Waals surface area contributed by atoms with E-state index >= 15 is 0 Å². The molecule has 0 aliphatic heterocycles. The van der Waals surface area contributed by atoms with Crippen LogP contribution in [0.25, 0.3) is 0 Å². The van der Waals surface area contributed by atoms with E-state index < -0.39 is 53.3 Å². The molecular weight excluding hydrogens is 383 g/mol. The molecule has 0 saturated carbocycles. The molecule has 0 aromatic rings. The standard InChI is InChI=1S/C15H21F9O2/c1-10(2,3)7-12(11(4,5)6,15(22,23)24)9(25)26-8(13(16,17)18)14(19,20)21/h8H,7H2,1-6H3. The lowest BCUT2D eigenvalue weighted by Gasteiger charge is -2.47. The van der Waals surface area contributed by atoms with Crippen LogP contribution in [0.3, 0.4) is 0 Å². The zero-order chi connectivity index (χ0) is 21.6. The number of esters is 1. The fourth-order valence-electron chi connectivity index (χ4n) is 2.61. The summed E-state index contributed by atoms with van der Waals surface area (Å²) < 4.78 is 121. The van der Waals surface area contributed by atoms with Gasteiger partial charge in [0.25, 0.3) is 6.10 Å². The number of hydrogen-bond donors (Lipinski definition) is 0. The van der Waals surface area contributed by atoms with Crippen LogP contribution in [0.1, 0.15) is 48.0 Å². The third kappa shape index (κ3) is 5.42. The lowest BCUT2D eigenvalue weighted by Crippen LogP contribution is -2.59. The second-order valence-corrected chi connectivity index (χ2v) is 8.26. The summed E-state index contributed by atoms with van der Waals surface area (Å²) in [5, 5.41) is 0. The number of ether oxygens (including phenoxy) is 1. The van der Waals surface area contributed by atoms with Gasteiger partial charge >= 0.3 is 24.5 Å². The normalized spacial score (nSPS) is 17.2. The second kappa shape index (κ2) is 6.78. The van der Waals surface area contributed by atoms with Gasteiger partial charge in [0, 0.05) is 0 Å². The molecule has 1 unspecified atom stereocenters. The molecule has 11 heteroatoms. The molecule has 0 N–H and O–H groups in total. The molecule has 0 aliphatic carbocycles. The first kappa shape index (κ1) is 24.8. The van der Waals surface area contributed by atoms with Gasteiger partial charge in [0.2, 0.25) is 0 Å². The Bertz CT molecular complexity index is 474. The molecule has 1 atom stereocenters. The van der Waals surface area contributed by atoms with Gasteiger partial charge in [-0.15, -0.1) is 0 Å². The highest BCUT2D eigenvalue weighted by Gasteiger charge is 2.70. The quantitative estimate of drug-likeness (QED) is 0.423.